The second kappa shape index (κ2) is 13.0. The highest BCUT2D eigenvalue weighted by molar-refractivity contribution is 6.06. The van der Waals surface area contributed by atoms with Gasteiger partial charge in [0, 0.05) is 19.0 Å². The van der Waals surface area contributed by atoms with Crippen LogP contribution in [0.4, 0.5) is 5.69 Å². The van der Waals surface area contributed by atoms with E-state index in [9.17, 15) is 29.4 Å². The van der Waals surface area contributed by atoms with Crippen LogP contribution in [-0.4, -0.2) is 52.6 Å². The number of carbonyl (C=O) groups is 4. The van der Waals surface area contributed by atoms with Crippen LogP contribution in [0.5, 0.6) is 0 Å². The van der Waals surface area contributed by atoms with E-state index in [1.54, 1.807) is 30.3 Å². The van der Waals surface area contributed by atoms with E-state index in [0.717, 1.165) is 5.56 Å². The van der Waals surface area contributed by atoms with Gasteiger partial charge in [-0.1, -0.05) is 54.6 Å². The van der Waals surface area contributed by atoms with E-state index in [1.165, 1.54) is 25.1 Å². The zero-order valence-electron chi connectivity index (χ0n) is 20.3. The Bertz CT molecular complexity index is 1240. The molecule has 0 saturated heterocycles. The lowest BCUT2D eigenvalue weighted by Crippen LogP contribution is -2.52. The minimum atomic E-state index is -1.26. The van der Waals surface area contributed by atoms with Crippen molar-refractivity contribution in [1.29, 1.82) is 0 Å². The summed E-state index contributed by atoms with van der Waals surface area (Å²) in [6.07, 6.45) is 0.480. The number of rotatable bonds is 11. The highest BCUT2D eigenvalue weighted by Gasteiger charge is 2.26. The molecule has 0 spiro atoms. The van der Waals surface area contributed by atoms with Gasteiger partial charge in [0.1, 0.15) is 6.04 Å². The highest BCUT2D eigenvalue weighted by atomic mass is 16.4. The van der Waals surface area contributed by atoms with E-state index >= 15 is 0 Å². The van der Waals surface area contributed by atoms with Crippen molar-refractivity contribution in [2.45, 2.75) is 31.8 Å². The smallest absolute Gasteiger partial charge is 0.336 e. The molecule has 0 radical (unpaired) electrons. The average Bonchev–Trinajstić information content (AvgIpc) is 2.89. The Hall–Kier alpha value is -4.50. The topological polar surface area (TPSA) is 145 Å². The first kappa shape index (κ1) is 27.1. The SMILES string of the molecule is CC(=O)Nc1ccc(C[C@H](NC(=O)c2ccccc2C(=O)O)C(=O)N[C@H](CO)Cc2ccccc2)cc1. The number of carboxylic acid groups (broad SMARTS) is 1. The molecule has 0 aromatic heterocycles. The Morgan fingerprint density at radius 2 is 1.35 bits per heavy atom. The van der Waals surface area contributed by atoms with Gasteiger partial charge in [-0.2, -0.15) is 0 Å². The fourth-order valence-corrected chi connectivity index (χ4v) is 3.84. The zero-order valence-corrected chi connectivity index (χ0v) is 20.3. The molecule has 0 aliphatic rings. The third-order valence-corrected chi connectivity index (χ3v) is 5.63. The van der Waals surface area contributed by atoms with E-state index < -0.39 is 29.9 Å². The number of hydrogen-bond acceptors (Lipinski definition) is 5. The van der Waals surface area contributed by atoms with Gasteiger partial charge in [0.2, 0.25) is 11.8 Å². The number of aromatic carboxylic acids is 1. The van der Waals surface area contributed by atoms with Gasteiger partial charge in [0.25, 0.3) is 5.91 Å². The first-order valence-corrected chi connectivity index (χ1v) is 11.7. The molecule has 3 rings (SSSR count). The summed E-state index contributed by atoms with van der Waals surface area (Å²) in [5, 5.41) is 27.4. The van der Waals surface area contributed by atoms with E-state index in [2.05, 4.69) is 16.0 Å². The van der Waals surface area contributed by atoms with Gasteiger partial charge in [0.05, 0.1) is 23.8 Å². The van der Waals surface area contributed by atoms with E-state index in [1.807, 2.05) is 30.3 Å². The number of aliphatic hydroxyl groups is 1. The molecule has 5 N–H and O–H groups in total. The monoisotopic (exact) mass is 503 g/mol. The third kappa shape index (κ3) is 8.01. The lowest BCUT2D eigenvalue weighted by Gasteiger charge is -2.23. The normalized spacial score (nSPS) is 12.2. The molecule has 9 nitrogen and oxygen atoms in total. The summed E-state index contributed by atoms with van der Waals surface area (Å²) in [5.74, 6) is -2.72. The quantitative estimate of drug-likeness (QED) is 0.272. The van der Waals surface area contributed by atoms with Crippen LogP contribution in [0.3, 0.4) is 0 Å². The van der Waals surface area contributed by atoms with Crippen LogP contribution in [-0.2, 0) is 22.4 Å². The number of amides is 3. The lowest BCUT2D eigenvalue weighted by atomic mass is 10.0. The minimum absolute atomic E-state index is 0.0724. The molecule has 3 aromatic rings. The van der Waals surface area contributed by atoms with Gasteiger partial charge < -0.3 is 26.2 Å². The summed E-state index contributed by atoms with van der Waals surface area (Å²) in [7, 11) is 0. The molecular weight excluding hydrogens is 474 g/mol. The maximum absolute atomic E-state index is 13.3. The van der Waals surface area contributed by atoms with Crippen LogP contribution < -0.4 is 16.0 Å². The van der Waals surface area contributed by atoms with Crippen molar-refractivity contribution in [3.05, 3.63) is 101 Å². The van der Waals surface area contributed by atoms with Crippen molar-refractivity contribution in [3.63, 3.8) is 0 Å². The van der Waals surface area contributed by atoms with Gasteiger partial charge in [-0.15, -0.1) is 0 Å². The summed E-state index contributed by atoms with van der Waals surface area (Å²) in [4.78, 5) is 49.2. The molecule has 9 heteroatoms. The number of hydrogen-bond donors (Lipinski definition) is 5. The minimum Gasteiger partial charge on any atom is -0.478 e. The molecule has 0 aliphatic carbocycles. The summed E-state index contributed by atoms with van der Waals surface area (Å²) in [6, 6.07) is 20.2. The second-order valence-corrected chi connectivity index (χ2v) is 8.54. The number of carbonyl (C=O) groups excluding carboxylic acids is 3. The molecule has 0 heterocycles. The Morgan fingerprint density at radius 3 is 1.95 bits per heavy atom. The molecule has 0 aliphatic heterocycles. The van der Waals surface area contributed by atoms with Crippen LogP contribution in [0.25, 0.3) is 0 Å². The summed E-state index contributed by atoms with van der Waals surface area (Å²) < 4.78 is 0. The molecule has 3 aromatic carbocycles. The van der Waals surface area contributed by atoms with Crippen LogP contribution >= 0.6 is 0 Å². The molecule has 192 valence electrons. The molecular formula is C28H29N3O6. The summed E-state index contributed by atoms with van der Waals surface area (Å²) in [6.45, 7) is 1.08. The Morgan fingerprint density at radius 1 is 0.757 bits per heavy atom. The van der Waals surface area contributed by atoms with Crippen molar-refractivity contribution in [3.8, 4) is 0 Å². The second-order valence-electron chi connectivity index (χ2n) is 8.54. The fourth-order valence-electron chi connectivity index (χ4n) is 3.84. The van der Waals surface area contributed by atoms with E-state index in [0.29, 0.717) is 17.7 Å². The number of benzene rings is 3. The molecule has 0 fully saturated rings. The Kier molecular flexibility index (Phi) is 9.51. The standard InChI is InChI=1S/C28H29N3O6/c1-18(33)29-21-13-11-20(12-14-21)16-25(31-26(34)23-9-5-6-10-24(23)28(36)37)27(35)30-22(17-32)15-19-7-3-2-4-8-19/h2-14,22,25,32H,15-17H2,1H3,(H,29,33)(H,30,35)(H,31,34)(H,36,37)/t22-,25-/m0/s1. The predicted molar refractivity (Wildman–Crippen MR) is 138 cm³/mol. The van der Waals surface area contributed by atoms with Gasteiger partial charge in [-0.25, -0.2) is 4.79 Å². The van der Waals surface area contributed by atoms with Crippen molar-refractivity contribution >= 4 is 29.4 Å². The number of carboxylic acids is 1. The first-order valence-electron chi connectivity index (χ1n) is 11.7. The van der Waals surface area contributed by atoms with Crippen molar-refractivity contribution < 1.29 is 29.4 Å². The zero-order chi connectivity index (χ0) is 26.8. The number of nitrogens with one attached hydrogen (secondary N) is 3. The van der Waals surface area contributed by atoms with Gasteiger partial charge >= 0.3 is 5.97 Å². The molecule has 0 saturated carbocycles. The Labute approximate surface area is 214 Å². The van der Waals surface area contributed by atoms with E-state index in [4.69, 9.17) is 0 Å². The van der Waals surface area contributed by atoms with Crippen LogP contribution in [0.1, 0.15) is 38.8 Å². The predicted octanol–water partition coefficient (Wildman–Crippen LogP) is 2.40. The maximum Gasteiger partial charge on any atom is 0.336 e. The molecule has 0 bridgehead atoms. The molecule has 2 atom stereocenters. The van der Waals surface area contributed by atoms with Crippen LogP contribution in [0.15, 0.2) is 78.9 Å². The summed E-state index contributed by atoms with van der Waals surface area (Å²) >= 11 is 0. The lowest BCUT2D eigenvalue weighted by molar-refractivity contribution is -0.124. The molecule has 37 heavy (non-hydrogen) atoms. The van der Waals surface area contributed by atoms with Gasteiger partial charge in [-0.3, -0.25) is 14.4 Å². The molecule has 0 unspecified atom stereocenters. The fraction of sp³-hybridized carbons (Fsp3) is 0.214. The van der Waals surface area contributed by atoms with Gasteiger partial charge in [-0.05, 0) is 41.8 Å². The Balaban J connectivity index is 1.82. The van der Waals surface area contributed by atoms with Crippen LogP contribution in [0, 0.1) is 0 Å². The van der Waals surface area contributed by atoms with Crippen molar-refractivity contribution in [2.24, 2.45) is 0 Å². The molecule has 3 amide bonds. The third-order valence-electron chi connectivity index (χ3n) is 5.63. The number of aliphatic hydroxyl groups excluding tert-OH is 1. The van der Waals surface area contributed by atoms with Crippen molar-refractivity contribution in [2.75, 3.05) is 11.9 Å². The number of anilines is 1. The average molecular weight is 504 g/mol. The first-order chi connectivity index (χ1) is 17.8. The van der Waals surface area contributed by atoms with E-state index in [-0.39, 0.29) is 30.1 Å². The maximum atomic E-state index is 13.3. The summed E-state index contributed by atoms with van der Waals surface area (Å²) in [5.41, 5.74) is 1.95. The van der Waals surface area contributed by atoms with Crippen LogP contribution in [0.2, 0.25) is 0 Å². The van der Waals surface area contributed by atoms with Crippen molar-refractivity contribution in [1.82, 2.24) is 10.6 Å². The highest BCUT2D eigenvalue weighted by Crippen LogP contribution is 2.14. The largest absolute Gasteiger partial charge is 0.478 e. The van der Waals surface area contributed by atoms with Gasteiger partial charge in [0.15, 0.2) is 0 Å².